The summed E-state index contributed by atoms with van der Waals surface area (Å²) in [6.07, 6.45) is -2.16. The van der Waals surface area contributed by atoms with Crippen molar-refractivity contribution in [2.75, 3.05) is 6.54 Å². The van der Waals surface area contributed by atoms with Crippen LogP contribution in [0.25, 0.3) is 0 Å². The van der Waals surface area contributed by atoms with Crippen molar-refractivity contribution >= 4 is 16.9 Å². The van der Waals surface area contributed by atoms with Crippen LogP contribution in [0.5, 0.6) is 0 Å². The van der Waals surface area contributed by atoms with Gasteiger partial charge in [0.05, 0.1) is 12.1 Å². The van der Waals surface area contributed by atoms with Gasteiger partial charge in [-0.3, -0.25) is 4.99 Å². The molecular weight excluding hydrogens is 268 g/mol. The maximum atomic E-state index is 10.1. The van der Waals surface area contributed by atoms with E-state index >= 15 is 0 Å². The number of hydrogen-bond donors (Lipinski definition) is 4. The molecule has 0 aromatic rings. The Hall–Kier alpha value is -0.340. The highest BCUT2D eigenvalue weighted by Crippen LogP contribution is 2.35. The van der Waals surface area contributed by atoms with Crippen molar-refractivity contribution in [3.05, 3.63) is 0 Å². The molecule has 0 aromatic heterocycles. The molecule has 0 radical (unpaired) electrons. The van der Waals surface area contributed by atoms with Gasteiger partial charge in [-0.2, -0.15) is 0 Å². The average Bonchev–Trinajstić information content (AvgIpc) is 2.82. The molecule has 0 aromatic carbocycles. The molecule has 6 unspecified atom stereocenters. The van der Waals surface area contributed by atoms with Crippen LogP contribution in [0.2, 0.25) is 0 Å². The Morgan fingerprint density at radius 2 is 2.11 bits per heavy atom. The molecule has 0 bridgehead atoms. The van der Waals surface area contributed by atoms with Gasteiger partial charge in [0.25, 0.3) is 0 Å². The Kier molecular flexibility index (Phi) is 5.08. The minimum absolute atomic E-state index is 0.319. The van der Waals surface area contributed by atoms with Gasteiger partial charge in [0, 0.05) is 6.54 Å². The summed E-state index contributed by atoms with van der Waals surface area (Å²) in [5.74, 6) is 0. The topological polar surface area (TPSA) is 94.3 Å². The monoisotopic (exact) mass is 290 g/mol. The number of hydrogen-bond acceptors (Lipinski definition) is 6. The molecule has 2 rings (SSSR count). The van der Waals surface area contributed by atoms with Gasteiger partial charge in [-0.15, -0.1) is 0 Å². The van der Waals surface area contributed by atoms with Crippen LogP contribution in [-0.4, -0.2) is 62.9 Å². The van der Waals surface area contributed by atoms with Gasteiger partial charge in [0.15, 0.2) is 5.17 Å². The Balaban J connectivity index is 2.07. The maximum Gasteiger partial charge on any atom is 0.159 e. The first-order chi connectivity index (χ1) is 9.08. The van der Waals surface area contributed by atoms with Gasteiger partial charge in [0.2, 0.25) is 0 Å². The number of aliphatic hydroxyl groups excluding tert-OH is 3. The predicted octanol–water partition coefficient (Wildman–Crippen LogP) is -0.325. The van der Waals surface area contributed by atoms with E-state index in [0.29, 0.717) is 13.0 Å². The molecule has 0 saturated carbocycles. The molecule has 2 aliphatic heterocycles. The molecule has 2 aliphatic rings. The summed E-state index contributed by atoms with van der Waals surface area (Å²) in [4.78, 5) is 4.35. The highest BCUT2D eigenvalue weighted by molar-refractivity contribution is 8.14. The van der Waals surface area contributed by atoms with Gasteiger partial charge in [-0.25, -0.2) is 0 Å². The fraction of sp³-hybridized carbons (Fsp3) is 0.917. The maximum absolute atomic E-state index is 10.1. The van der Waals surface area contributed by atoms with Crippen molar-refractivity contribution in [3.8, 4) is 0 Å². The summed E-state index contributed by atoms with van der Waals surface area (Å²) in [7, 11) is 0. The van der Waals surface area contributed by atoms with Crippen molar-refractivity contribution in [3.63, 3.8) is 0 Å². The molecule has 0 aliphatic carbocycles. The highest BCUT2D eigenvalue weighted by atomic mass is 32.2. The van der Waals surface area contributed by atoms with Crippen LogP contribution in [0.15, 0.2) is 4.99 Å². The lowest BCUT2D eigenvalue weighted by molar-refractivity contribution is -0.187. The van der Waals surface area contributed by atoms with Crippen molar-refractivity contribution in [2.24, 2.45) is 4.99 Å². The van der Waals surface area contributed by atoms with Crippen LogP contribution >= 0.6 is 11.8 Å². The summed E-state index contributed by atoms with van der Waals surface area (Å²) in [6.45, 7) is 4.57. The average molecular weight is 290 g/mol. The largest absolute Gasteiger partial charge is 0.390 e. The summed E-state index contributed by atoms with van der Waals surface area (Å²) in [6, 6.07) is -0.379. The van der Waals surface area contributed by atoms with Gasteiger partial charge in [-0.05, 0) is 12.8 Å². The van der Waals surface area contributed by atoms with E-state index in [1.165, 1.54) is 11.8 Å². The Bertz CT molecular complexity index is 342. The third-order valence-corrected chi connectivity index (χ3v) is 4.54. The molecule has 2 fully saturated rings. The first kappa shape index (κ1) is 15.1. The second kappa shape index (κ2) is 6.41. The molecule has 6 nitrogen and oxygen atoms in total. The highest BCUT2D eigenvalue weighted by Gasteiger charge is 2.50. The third kappa shape index (κ3) is 3.05. The fourth-order valence-corrected chi connectivity index (χ4v) is 3.43. The Morgan fingerprint density at radius 3 is 2.74 bits per heavy atom. The SMILES string of the molecule is CCCN=C1NC2C(OC(C(O)CC)C(O)C2O)S1. The summed E-state index contributed by atoms with van der Waals surface area (Å²) in [5.41, 5.74) is -0.319. The van der Waals surface area contributed by atoms with E-state index in [-0.39, 0.29) is 11.5 Å². The van der Waals surface area contributed by atoms with E-state index in [4.69, 9.17) is 4.74 Å². The smallest absolute Gasteiger partial charge is 0.159 e. The first-order valence-electron chi connectivity index (χ1n) is 6.75. The lowest BCUT2D eigenvalue weighted by Crippen LogP contribution is -2.61. The molecule has 4 N–H and O–H groups in total. The fourth-order valence-electron chi connectivity index (χ4n) is 2.28. The second-order valence-corrected chi connectivity index (χ2v) is 5.99. The second-order valence-electron chi connectivity index (χ2n) is 4.90. The first-order valence-corrected chi connectivity index (χ1v) is 7.63. The van der Waals surface area contributed by atoms with Crippen molar-refractivity contribution in [1.82, 2.24) is 5.32 Å². The number of rotatable bonds is 4. The van der Waals surface area contributed by atoms with E-state index in [1.54, 1.807) is 0 Å². The molecular formula is C12H22N2O4S. The number of ether oxygens (including phenoxy) is 1. The van der Waals surface area contributed by atoms with E-state index in [0.717, 1.165) is 11.6 Å². The van der Waals surface area contributed by atoms with Gasteiger partial charge >= 0.3 is 0 Å². The molecule has 2 heterocycles. The minimum atomic E-state index is -1.09. The Labute approximate surface area is 117 Å². The summed E-state index contributed by atoms with van der Waals surface area (Å²) in [5, 5.41) is 33.8. The van der Waals surface area contributed by atoms with Crippen LogP contribution in [0.3, 0.4) is 0 Å². The molecule has 2 saturated heterocycles. The number of aliphatic imine (C=N–C) groups is 1. The molecule has 6 atom stereocenters. The summed E-state index contributed by atoms with van der Waals surface area (Å²) < 4.78 is 5.72. The molecule has 7 heteroatoms. The zero-order valence-electron chi connectivity index (χ0n) is 11.2. The molecule has 110 valence electrons. The van der Waals surface area contributed by atoms with Crippen LogP contribution < -0.4 is 5.32 Å². The van der Waals surface area contributed by atoms with Crippen molar-refractivity contribution in [2.45, 2.75) is 62.6 Å². The van der Waals surface area contributed by atoms with Gasteiger partial charge in [-0.1, -0.05) is 25.6 Å². The van der Waals surface area contributed by atoms with Gasteiger partial charge < -0.3 is 25.4 Å². The Morgan fingerprint density at radius 1 is 1.37 bits per heavy atom. The molecule has 0 amide bonds. The lowest BCUT2D eigenvalue weighted by Gasteiger charge is -2.40. The number of nitrogens with zero attached hydrogens (tertiary/aromatic N) is 1. The molecule has 19 heavy (non-hydrogen) atoms. The van der Waals surface area contributed by atoms with Crippen molar-refractivity contribution in [1.29, 1.82) is 0 Å². The van der Waals surface area contributed by atoms with E-state index in [1.807, 2.05) is 13.8 Å². The van der Waals surface area contributed by atoms with Crippen LogP contribution in [0.1, 0.15) is 26.7 Å². The minimum Gasteiger partial charge on any atom is -0.390 e. The zero-order valence-corrected chi connectivity index (χ0v) is 12.0. The zero-order chi connectivity index (χ0) is 14.0. The van der Waals surface area contributed by atoms with Crippen LogP contribution in [0, 0.1) is 0 Å². The lowest BCUT2D eigenvalue weighted by atomic mass is 9.94. The number of fused-ring (bicyclic) bond motifs is 1. The van der Waals surface area contributed by atoms with E-state index < -0.39 is 24.4 Å². The normalized spacial score (nSPS) is 41.9. The van der Waals surface area contributed by atoms with E-state index in [9.17, 15) is 15.3 Å². The molecule has 0 spiro atoms. The van der Waals surface area contributed by atoms with Gasteiger partial charge in [0.1, 0.15) is 23.7 Å². The quantitative estimate of drug-likeness (QED) is 0.567. The third-order valence-electron chi connectivity index (χ3n) is 3.43. The number of aliphatic hydroxyl groups is 3. The van der Waals surface area contributed by atoms with Crippen LogP contribution in [0.4, 0.5) is 0 Å². The van der Waals surface area contributed by atoms with Crippen LogP contribution in [-0.2, 0) is 4.74 Å². The number of nitrogens with one attached hydrogen (secondary N) is 1. The number of amidine groups is 1. The van der Waals surface area contributed by atoms with Crippen molar-refractivity contribution < 1.29 is 20.1 Å². The number of thioether (sulfide) groups is 1. The van der Waals surface area contributed by atoms with E-state index in [2.05, 4.69) is 10.3 Å². The standard InChI is InChI=1S/C12H22N2O4S/c1-3-5-13-12-14-7-8(16)9(17)10(6(15)4-2)18-11(7)19-12/h6-11,15-17H,3-5H2,1-2H3,(H,13,14). The summed E-state index contributed by atoms with van der Waals surface area (Å²) >= 11 is 1.41. The predicted molar refractivity (Wildman–Crippen MR) is 74.1 cm³/mol.